The van der Waals surface area contributed by atoms with Gasteiger partial charge in [0.25, 0.3) is 0 Å². The number of morpholine rings is 1. The lowest BCUT2D eigenvalue weighted by Crippen LogP contribution is -2.35. The summed E-state index contributed by atoms with van der Waals surface area (Å²) in [6.45, 7) is 7.13. The summed E-state index contributed by atoms with van der Waals surface area (Å²) in [6.07, 6.45) is 5.36. The van der Waals surface area contributed by atoms with E-state index in [4.69, 9.17) is 14.6 Å². The van der Waals surface area contributed by atoms with Crippen molar-refractivity contribution in [1.29, 1.82) is 0 Å². The van der Waals surface area contributed by atoms with Gasteiger partial charge in [-0.1, -0.05) is 18.2 Å². The topological polar surface area (TPSA) is 84.2 Å². The van der Waals surface area contributed by atoms with Gasteiger partial charge in [-0.3, -0.25) is 4.90 Å². The van der Waals surface area contributed by atoms with Crippen molar-refractivity contribution >= 4 is 11.5 Å². The Morgan fingerprint density at radius 1 is 1.17 bits per heavy atom. The SMILES string of the molecule is COC[C@H](C)Nc1ncc2c(-c3cccc(CN4CCOCC4)c3)cc(C3CCC(O)CC3)n2n1. The van der Waals surface area contributed by atoms with E-state index in [1.807, 2.05) is 6.20 Å². The van der Waals surface area contributed by atoms with Crippen LogP contribution in [0.15, 0.2) is 36.5 Å². The Hall–Kier alpha value is -2.52. The predicted octanol–water partition coefficient (Wildman–Crippen LogP) is 3.69. The quantitative estimate of drug-likeness (QED) is 0.510. The third-order valence-corrected chi connectivity index (χ3v) is 7.20. The maximum atomic E-state index is 10.1. The van der Waals surface area contributed by atoms with Crippen LogP contribution in [0.25, 0.3) is 16.6 Å². The predicted molar refractivity (Wildman–Crippen MR) is 137 cm³/mol. The molecule has 0 spiro atoms. The molecule has 3 aromatic rings. The van der Waals surface area contributed by atoms with Gasteiger partial charge in [0, 0.05) is 50.0 Å². The number of nitrogens with one attached hydrogen (secondary N) is 1. The van der Waals surface area contributed by atoms with Crippen molar-refractivity contribution in [3.63, 3.8) is 0 Å². The lowest BCUT2D eigenvalue weighted by atomic mass is 9.85. The van der Waals surface area contributed by atoms with E-state index < -0.39 is 0 Å². The Morgan fingerprint density at radius 3 is 2.74 bits per heavy atom. The van der Waals surface area contributed by atoms with Crippen LogP contribution < -0.4 is 5.32 Å². The largest absolute Gasteiger partial charge is 0.393 e. The Kier molecular flexibility index (Phi) is 7.63. The van der Waals surface area contributed by atoms with Crippen molar-refractivity contribution < 1.29 is 14.6 Å². The Labute approximate surface area is 207 Å². The van der Waals surface area contributed by atoms with Crippen LogP contribution in [0.1, 0.15) is 49.8 Å². The minimum Gasteiger partial charge on any atom is -0.393 e. The highest BCUT2D eigenvalue weighted by Gasteiger charge is 2.26. The molecular weight excluding hydrogens is 442 g/mol. The number of fused-ring (bicyclic) bond motifs is 1. The monoisotopic (exact) mass is 479 g/mol. The molecule has 5 rings (SSSR count). The second kappa shape index (κ2) is 11.0. The van der Waals surface area contributed by atoms with Crippen LogP contribution in [-0.4, -0.2) is 76.8 Å². The van der Waals surface area contributed by atoms with Gasteiger partial charge in [0.1, 0.15) is 0 Å². The fourth-order valence-electron chi connectivity index (χ4n) is 5.34. The molecule has 1 aromatic carbocycles. The van der Waals surface area contributed by atoms with Gasteiger partial charge < -0.3 is 19.9 Å². The second-order valence-corrected chi connectivity index (χ2v) is 9.96. The first kappa shape index (κ1) is 24.2. The van der Waals surface area contributed by atoms with Gasteiger partial charge in [0.2, 0.25) is 5.95 Å². The zero-order chi connectivity index (χ0) is 24.2. The van der Waals surface area contributed by atoms with Crippen molar-refractivity contribution in [3.8, 4) is 11.1 Å². The molecule has 2 aliphatic rings. The van der Waals surface area contributed by atoms with Crippen molar-refractivity contribution in [2.75, 3.05) is 45.3 Å². The Morgan fingerprint density at radius 2 is 1.97 bits per heavy atom. The summed E-state index contributed by atoms with van der Waals surface area (Å²) in [7, 11) is 1.70. The number of methoxy groups -OCH3 is 1. The van der Waals surface area contributed by atoms with Crippen LogP contribution in [0.3, 0.4) is 0 Å². The molecule has 1 saturated carbocycles. The number of nitrogens with zero attached hydrogens (tertiary/aromatic N) is 4. The zero-order valence-corrected chi connectivity index (χ0v) is 20.8. The van der Waals surface area contributed by atoms with Crippen molar-refractivity contribution in [2.45, 2.75) is 57.2 Å². The Balaban J connectivity index is 1.49. The van der Waals surface area contributed by atoms with E-state index in [9.17, 15) is 5.11 Å². The average Bonchev–Trinajstić information content (AvgIpc) is 3.24. The van der Waals surface area contributed by atoms with E-state index in [1.165, 1.54) is 16.8 Å². The van der Waals surface area contributed by atoms with Crippen LogP contribution in [0.2, 0.25) is 0 Å². The van der Waals surface area contributed by atoms with E-state index in [1.54, 1.807) is 7.11 Å². The molecular formula is C27H37N5O3. The average molecular weight is 480 g/mol. The first-order valence-electron chi connectivity index (χ1n) is 12.8. The molecule has 0 amide bonds. The van der Waals surface area contributed by atoms with Gasteiger partial charge in [-0.15, -0.1) is 5.10 Å². The van der Waals surface area contributed by atoms with Crippen LogP contribution in [0.4, 0.5) is 5.95 Å². The van der Waals surface area contributed by atoms with Gasteiger partial charge in [-0.2, -0.15) is 0 Å². The van der Waals surface area contributed by atoms with Crippen LogP contribution >= 0.6 is 0 Å². The molecule has 2 fully saturated rings. The first-order chi connectivity index (χ1) is 17.1. The lowest BCUT2D eigenvalue weighted by Gasteiger charge is -2.26. The van der Waals surface area contributed by atoms with Crippen molar-refractivity contribution in [3.05, 3.63) is 47.8 Å². The summed E-state index contributed by atoms with van der Waals surface area (Å²) in [6, 6.07) is 11.2. The molecule has 2 aromatic heterocycles. The summed E-state index contributed by atoms with van der Waals surface area (Å²) < 4.78 is 12.8. The third kappa shape index (κ3) is 5.67. The molecule has 2 N–H and O–H groups in total. The second-order valence-electron chi connectivity index (χ2n) is 9.96. The van der Waals surface area contributed by atoms with E-state index in [-0.39, 0.29) is 12.1 Å². The number of aliphatic hydroxyl groups is 1. The number of benzene rings is 1. The fourth-order valence-corrected chi connectivity index (χ4v) is 5.34. The molecule has 0 radical (unpaired) electrons. The highest BCUT2D eigenvalue weighted by Crippen LogP contribution is 2.38. The third-order valence-electron chi connectivity index (χ3n) is 7.20. The highest BCUT2D eigenvalue weighted by molar-refractivity contribution is 5.82. The van der Waals surface area contributed by atoms with Gasteiger partial charge in [0.05, 0.1) is 37.6 Å². The van der Waals surface area contributed by atoms with Crippen LogP contribution in [-0.2, 0) is 16.0 Å². The summed E-state index contributed by atoms with van der Waals surface area (Å²) in [5.41, 5.74) is 5.86. The van der Waals surface area contributed by atoms with Gasteiger partial charge in [-0.05, 0) is 55.9 Å². The fraction of sp³-hybridized carbons (Fsp3) is 0.556. The first-order valence-corrected chi connectivity index (χ1v) is 12.8. The minimum atomic E-state index is -0.185. The lowest BCUT2D eigenvalue weighted by molar-refractivity contribution is 0.0342. The zero-order valence-electron chi connectivity index (χ0n) is 20.8. The molecule has 3 heterocycles. The maximum absolute atomic E-state index is 10.1. The minimum absolute atomic E-state index is 0.109. The molecule has 0 unspecified atom stereocenters. The molecule has 1 aliphatic carbocycles. The standard InChI is InChI=1S/C27H37N5O3/c1-19(18-34-2)29-27-28-16-26-24(15-25(32(26)30-27)21-6-8-23(33)9-7-21)22-5-3-4-20(14-22)17-31-10-12-35-13-11-31/h3-5,14-16,19,21,23,33H,6-13,17-18H2,1-2H3,(H,29,30)/t19-,21?,23?/m0/s1. The summed E-state index contributed by atoms with van der Waals surface area (Å²) in [5.74, 6) is 0.970. The summed E-state index contributed by atoms with van der Waals surface area (Å²) in [5, 5.41) is 18.3. The van der Waals surface area contributed by atoms with Crippen molar-refractivity contribution in [2.24, 2.45) is 0 Å². The molecule has 8 heteroatoms. The Bertz CT molecular complexity index is 1120. The molecule has 8 nitrogen and oxygen atoms in total. The molecule has 0 bridgehead atoms. The smallest absolute Gasteiger partial charge is 0.241 e. The number of hydrogen-bond donors (Lipinski definition) is 2. The molecule has 1 saturated heterocycles. The molecule has 35 heavy (non-hydrogen) atoms. The molecule has 188 valence electrons. The normalized spacial score (nSPS) is 22.4. The molecule has 1 atom stereocenters. The van der Waals surface area contributed by atoms with Gasteiger partial charge >= 0.3 is 0 Å². The van der Waals surface area contributed by atoms with Gasteiger partial charge in [-0.25, -0.2) is 9.50 Å². The van der Waals surface area contributed by atoms with Crippen LogP contribution in [0, 0.1) is 0 Å². The number of aromatic nitrogens is 3. The number of anilines is 1. The van der Waals surface area contributed by atoms with E-state index in [0.717, 1.165) is 69.6 Å². The number of rotatable bonds is 8. The van der Waals surface area contributed by atoms with Crippen molar-refractivity contribution in [1.82, 2.24) is 19.5 Å². The van der Waals surface area contributed by atoms with E-state index in [2.05, 4.69) is 57.0 Å². The number of hydrogen-bond acceptors (Lipinski definition) is 7. The number of aliphatic hydroxyl groups excluding tert-OH is 1. The summed E-state index contributed by atoms with van der Waals surface area (Å²) in [4.78, 5) is 7.09. The summed E-state index contributed by atoms with van der Waals surface area (Å²) >= 11 is 0. The molecule has 1 aliphatic heterocycles. The maximum Gasteiger partial charge on any atom is 0.241 e. The van der Waals surface area contributed by atoms with E-state index in [0.29, 0.717) is 18.5 Å². The van der Waals surface area contributed by atoms with Gasteiger partial charge in [0.15, 0.2) is 0 Å². The number of ether oxygens (including phenoxy) is 2. The van der Waals surface area contributed by atoms with Crippen LogP contribution in [0.5, 0.6) is 0 Å². The van der Waals surface area contributed by atoms with E-state index >= 15 is 0 Å². The highest BCUT2D eigenvalue weighted by atomic mass is 16.5.